The maximum Gasteiger partial charge on any atom is 0.300 e. The van der Waals surface area contributed by atoms with Crippen LogP contribution < -0.4 is 4.90 Å². The molecular formula is C23H17ClN2O3. The number of rotatable bonds is 3. The fourth-order valence-electron chi connectivity index (χ4n) is 3.57. The third-order valence-corrected chi connectivity index (χ3v) is 5.17. The molecule has 3 aromatic rings. The normalized spacial score (nSPS) is 18.3. The average Bonchev–Trinajstić information content (AvgIpc) is 2.99. The van der Waals surface area contributed by atoms with Gasteiger partial charge in [-0.1, -0.05) is 41.9 Å². The van der Waals surface area contributed by atoms with Gasteiger partial charge in [-0.25, -0.2) is 0 Å². The summed E-state index contributed by atoms with van der Waals surface area (Å²) in [7, 11) is 0. The number of aliphatic hydroxyl groups is 1. The van der Waals surface area contributed by atoms with Gasteiger partial charge in [0.2, 0.25) is 0 Å². The second-order valence-electron chi connectivity index (χ2n) is 6.75. The van der Waals surface area contributed by atoms with Crippen LogP contribution in [0.25, 0.3) is 5.76 Å². The van der Waals surface area contributed by atoms with Gasteiger partial charge < -0.3 is 5.11 Å². The molecule has 1 amide bonds. The van der Waals surface area contributed by atoms with Crippen molar-refractivity contribution in [1.29, 1.82) is 0 Å². The van der Waals surface area contributed by atoms with Crippen LogP contribution in [0.15, 0.2) is 78.6 Å². The smallest absolute Gasteiger partial charge is 0.300 e. The largest absolute Gasteiger partial charge is 0.507 e. The summed E-state index contributed by atoms with van der Waals surface area (Å²) < 4.78 is 0. The highest BCUT2D eigenvalue weighted by Gasteiger charge is 2.47. The first-order valence-electron chi connectivity index (χ1n) is 9.01. The van der Waals surface area contributed by atoms with Gasteiger partial charge in [0.05, 0.1) is 11.6 Å². The summed E-state index contributed by atoms with van der Waals surface area (Å²) in [6.45, 7) is 1.87. The van der Waals surface area contributed by atoms with E-state index in [1.54, 1.807) is 54.9 Å². The maximum atomic E-state index is 13.0. The number of ketones is 1. The van der Waals surface area contributed by atoms with E-state index in [1.165, 1.54) is 4.90 Å². The zero-order valence-corrected chi connectivity index (χ0v) is 16.3. The van der Waals surface area contributed by atoms with Gasteiger partial charge in [0.15, 0.2) is 0 Å². The number of pyridine rings is 1. The number of hydrogen-bond acceptors (Lipinski definition) is 4. The molecule has 4 rings (SSSR count). The number of carbonyl (C=O) groups is 2. The van der Waals surface area contributed by atoms with E-state index in [1.807, 2.05) is 25.1 Å². The SMILES string of the molecule is Cc1ccccc1N1C(=O)C(=O)/C(=C(\O)c2cccc(Cl)c2)C1c1ccncc1. The number of amides is 1. The number of halogens is 1. The lowest BCUT2D eigenvalue weighted by Gasteiger charge is -2.26. The van der Waals surface area contributed by atoms with Crippen LogP contribution in [0.4, 0.5) is 5.69 Å². The summed E-state index contributed by atoms with van der Waals surface area (Å²) in [6.07, 6.45) is 3.18. The Kier molecular flexibility index (Phi) is 4.91. The minimum absolute atomic E-state index is 0.0201. The molecule has 1 aliphatic rings. The van der Waals surface area contributed by atoms with Gasteiger partial charge in [-0.3, -0.25) is 19.5 Å². The predicted molar refractivity (Wildman–Crippen MR) is 112 cm³/mol. The zero-order valence-electron chi connectivity index (χ0n) is 15.5. The first-order chi connectivity index (χ1) is 14.0. The van der Waals surface area contributed by atoms with Crippen molar-refractivity contribution in [2.45, 2.75) is 13.0 Å². The Morgan fingerprint density at radius 3 is 2.45 bits per heavy atom. The van der Waals surface area contributed by atoms with E-state index in [2.05, 4.69) is 4.98 Å². The Hall–Kier alpha value is -3.44. The highest BCUT2D eigenvalue weighted by Crippen LogP contribution is 2.42. The first kappa shape index (κ1) is 18.9. The van der Waals surface area contributed by atoms with Crippen LogP contribution in [-0.4, -0.2) is 21.8 Å². The first-order valence-corrected chi connectivity index (χ1v) is 9.39. The van der Waals surface area contributed by atoms with Crippen LogP contribution in [0.2, 0.25) is 5.02 Å². The Bertz CT molecular complexity index is 1140. The Labute approximate surface area is 172 Å². The molecule has 0 bridgehead atoms. The van der Waals surface area contributed by atoms with Gasteiger partial charge in [0.1, 0.15) is 5.76 Å². The van der Waals surface area contributed by atoms with E-state index in [0.717, 1.165) is 5.56 Å². The van der Waals surface area contributed by atoms with Crippen LogP contribution in [0.1, 0.15) is 22.7 Å². The van der Waals surface area contributed by atoms with E-state index in [-0.39, 0.29) is 11.3 Å². The van der Waals surface area contributed by atoms with Crippen LogP contribution in [0.3, 0.4) is 0 Å². The summed E-state index contributed by atoms with van der Waals surface area (Å²) in [4.78, 5) is 31.5. The predicted octanol–water partition coefficient (Wildman–Crippen LogP) is 4.67. The van der Waals surface area contributed by atoms with Crippen molar-refractivity contribution in [3.63, 3.8) is 0 Å². The zero-order chi connectivity index (χ0) is 20.5. The van der Waals surface area contributed by atoms with Crippen molar-refractivity contribution in [1.82, 2.24) is 4.98 Å². The fraction of sp³-hybridized carbons (Fsp3) is 0.0870. The lowest BCUT2D eigenvalue weighted by Crippen LogP contribution is -2.30. The number of carbonyl (C=O) groups excluding carboxylic acids is 2. The quantitative estimate of drug-likeness (QED) is 0.391. The molecule has 5 nitrogen and oxygen atoms in total. The molecule has 0 spiro atoms. The Morgan fingerprint density at radius 2 is 1.76 bits per heavy atom. The third-order valence-electron chi connectivity index (χ3n) is 4.94. The van der Waals surface area contributed by atoms with Crippen molar-refractivity contribution in [3.05, 3.63) is 100 Å². The number of aliphatic hydroxyl groups excluding tert-OH is 1. The molecular weight excluding hydrogens is 388 g/mol. The van der Waals surface area contributed by atoms with E-state index in [4.69, 9.17) is 11.6 Å². The second-order valence-corrected chi connectivity index (χ2v) is 7.18. The topological polar surface area (TPSA) is 70.5 Å². The minimum atomic E-state index is -0.780. The number of nitrogens with zero attached hydrogens (tertiary/aromatic N) is 2. The summed E-state index contributed by atoms with van der Waals surface area (Å²) in [5, 5.41) is 11.4. The van der Waals surface area contributed by atoms with Crippen LogP contribution in [0, 0.1) is 6.92 Å². The molecule has 1 unspecified atom stereocenters. The molecule has 1 aromatic heterocycles. The van der Waals surface area contributed by atoms with E-state index >= 15 is 0 Å². The van der Waals surface area contributed by atoms with Gasteiger partial charge >= 0.3 is 0 Å². The van der Waals surface area contributed by atoms with Crippen LogP contribution in [0.5, 0.6) is 0 Å². The molecule has 29 heavy (non-hydrogen) atoms. The molecule has 2 heterocycles. The number of Topliss-reactive ketones (excluding diaryl/α,β-unsaturated/α-hetero) is 1. The van der Waals surface area contributed by atoms with Crippen LogP contribution >= 0.6 is 11.6 Å². The van der Waals surface area contributed by atoms with Crippen LogP contribution in [-0.2, 0) is 9.59 Å². The van der Waals surface area contributed by atoms with E-state index in [0.29, 0.717) is 21.8 Å². The monoisotopic (exact) mass is 404 g/mol. The molecule has 1 aliphatic heterocycles. The molecule has 0 saturated carbocycles. The number of aryl methyl sites for hydroxylation is 1. The highest BCUT2D eigenvalue weighted by molar-refractivity contribution is 6.51. The van der Waals surface area contributed by atoms with Gasteiger partial charge in [-0.15, -0.1) is 0 Å². The Morgan fingerprint density at radius 1 is 1.03 bits per heavy atom. The Balaban J connectivity index is 1.97. The standard InChI is InChI=1S/C23H17ClN2O3/c1-14-5-2-3-8-18(14)26-20(15-9-11-25-12-10-15)19(22(28)23(26)29)21(27)16-6-4-7-17(24)13-16/h2-13,20,27H,1H3/b21-19-. The average molecular weight is 405 g/mol. The lowest BCUT2D eigenvalue weighted by atomic mass is 9.95. The van der Waals surface area contributed by atoms with Gasteiger partial charge in [-0.05, 0) is 48.4 Å². The number of aromatic nitrogens is 1. The van der Waals surface area contributed by atoms with Gasteiger partial charge in [-0.2, -0.15) is 0 Å². The number of para-hydroxylation sites is 1. The summed E-state index contributed by atoms with van der Waals surface area (Å²) in [6, 6.07) is 16.6. The molecule has 0 aliphatic carbocycles. The summed E-state index contributed by atoms with van der Waals surface area (Å²) in [5.74, 6) is -1.69. The van der Waals surface area contributed by atoms with Crippen molar-refractivity contribution >= 4 is 34.7 Å². The third kappa shape index (κ3) is 3.30. The number of hydrogen-bond donors (Lipinski definition) is 1. The van der Waals surface area contributed by atoms with Gasteiger partial charge in [0.25, 0.3) is 11.7 Å². The van der Waals surface area contributed by atoms with Crippen molar-refractivity contribution in [2.75, 3.05) is 4.90 Å². The minimum Gasteiger partial charge on any atom is -0.507 e. The summed E-state index contributed by atoms with van der Waals surface area (Å²) >= 11 is 6.06. The molecule has 1 fully saturated rings. The number of anilines is 1. The highest BCUT2D eigenvalue weighted by atomic mass is 35.5. The molecule has 1 N–H and O–H groups in total. The maximum absolute atomic E-state index is 13.0. The molecule has 0 radical (unpaired) electrons. The van der Waals surface area contributed by atoms with Crippen molar-refractivity contribution < 1.29 is 14.7 Å². The van der Waals surface area contributed by atoms with Crippen molar-refractivity contribution in [2.24, 2.45) is 0 Å². The second kappa shape index (κ2) is 7.53. The van der Waals surface area contributed by atoms with Gasteiger partial charge in [0, 0.05) is 28.7 Å². The number of benzene rings is 2. The van der Waals surface area contributed by atoms with Crippen molar-refractivity contribution in [3.8, 4) is 0 Å². The molecule has 1 atom stereocenters. The molecule has 2 aromatic carbocycles. The lowest BCUT2D eigenvalue weighted by molar-refractivity contribution is -0.132. The van der Waals surface area contributed by atoms with E-state index in [9.17, 15) is 14.7 Å². The fourth-order valence-corrected chi connectivity index (χ4v) is 3.76. The molecule has 6 heteroatoms. The molecule has 144 valence electrons. The summed E-state index contributed by atoms with van der Waals surface area (Å²) in [5.41, 5.74) is 2.52. The molecule has 1 saturated heterocycles. The van der Waals surface area contributed by atoms with E-state index < -0.39 is 17.7 Å².